The number of nitrogens with zero attached hydrogens (tertiary/aromatic N) is 1. The summed E-state index contributed by atoms with van der Waals surface area (Å²) in [5, 5.41) is 0. The molecule has 116 valence electrons. The lowest BCUT2D eigenvalue weighted by atomic mass is 9.97. The average Bonchev–Trinajstić information content (AvgIpc) is 2.46. The summed E-state index contributed by atoms with van der Waals surface area (Å²) in [6.45, 7) is 0.922. The molecule has 1 unspecified atom stereocenters. The number of halogens is 3. The van der Waals surface area contributed by atoms with Crippen LogP contribution in [0.1, 0.15) is 41.6 Å². The highest BCUT2D eigenvalue weighted by Gasteiger charge is 2.37. The fourth-order valence-corrected chi connectivity index (χ4v) is 2.83. The summed E-state index contributed by atoms with van der Waals surface area (Å²) in [6, 6.07) is 4.91. The fourth-order valence-electron chi connectivity index (χ4n) is 2.83. The molecule has 0 aliphatic carbocycles. The van der Waals surface area contributed by atoms with Crippen molar-refractivity contribution in [2.75, 3.05) is 13.1 Å². The molecule has 1 atom stereocenters. The van der Waals surface area contributed by atoms with Gasteiger partial charge in [0, 0.05) is 12.6 Å². The zero-order valence-electron chi connectivity index (χ0n) is 11.7. The van der Waals surface area contributed by atoms with Crippen LogP contribution in [0, 0.1) is 0 Å². The van der Waals surface area contributed by atoms with Crippen LogP contribution in [0.4, 0.5) is 13.2 Å². The molecule has 1 aliphatic rings. The van der Waals surface area contributed by atoms with Gasteiger partial charge in [-0.3, -0.25) is 4.79 Å². The van der Waals surface area contributed by atoms with Gasteiger partial charge >= 0.3 is 6.18 Å². The maximum Gasteiger partial charge on any atom is 0.417 e. The second-order valence-electron chi connectivity index (χ2n) is 5.27. The van der Waals surface area contributed by atoms with E-state index in [9.17, 15) is 18.0 Å². The molecule has 1 amide bonds. The van der Waals surface area contributed by atoms with Crippen molar-refractivity contribution in [2.24, 2.45) is 5.73 Å². The van der Waals surface area contributed by atoms with Crippen molar-refractivity contribution >= 4 is 5.91 Å². The van der Waals surface area contributed by atoms with E-state index < -0.39 is 17.6 Å². The zero-order valence-corrected chi connectivity index (χ0v) is 11.7. The van der Waals surface area contributed by atoms with Crippen molar-refractivity contribution in [2.45, 2.75) is 37.9 Å². The third-order valence-electron chi connectivity index (χ3n) is 3.85. The van der Waals surface area contributed by atoms with Gasteiger partial charge in [-0.1, -0.05) is 12.1 Å². The Kier molecular flexibility index (Phi) is 4.88. The summed E-state index contributed by atoms with van der Waals surface area (Å²) in [4.78, 5) is 14.1. The van der Waals surface area contributed by atoms with Crippen LogP contribution in [-0.2, 0) is 6.18 Å². The maximum absolute atomic E-state index is 13.0. The van der Waals surface area contributed by atoms with E-state index in [2.05, 4.69) is 0 Å². The second kappa shape index (κ2) is 6.47. The Balaban J connectivity index is 2.31. The van der Waals surface area contributed by atoms with E-state index in [0.29, 0.717) is 19.5 Å². The lowest BCUT2D eigenvalue weighted by Gasteiger charge is -2.36. The molecular formula is C15H19F3N2O. The van der Waals surface area contributed by atoms with Gasteiger partial charge in [0.25, 0.3) is 5.91 Å². The standard InChI is InChI=1S/C15H19F3N2O/c16-15(17,18)13-7-2-1-6-12(13)14(21)20-10-4-3-5-11(20)8-9-19/h1-2,6-7,11H,3-5,8-10,19H2. The Labute approximate surface area is 121 Å². The van der Waals surface area contributed by atoms with Crippen molar-refractivity contribution < 1.29 is 18.0 Å². The van der Waals surface area contributed by atoms with Gasteiger partial charge < -0.3 is 10.6 Å². The molecule has 2 N–H and O–H groups in total. The number of piperidine rings is 1. The second-order valence-corrected chi connectivity index (χ2v) is 5.27. The Morgan fingerprint density at radius 2 is 2.00 bits per heavy atom. The normalized spacial score (nSPS) is 19.6. The van der Waals surface area contributed by atoms with Crippen LogP contribution in [0.3, 0.4) is 0 Å². The first-order chi connectivity index (χ1) is 9.95. The van der Waals surface area contributed by atoms with E-state index in [1.165, 1.54) is 18.2 Å². The van der Waals surface area contributed by atoms with Gasteiger partial charge in [0.15, 0.2) is 0 Å². The first-order valence-corrected chi connectivity index (χ1v) is 7.12. The molecule has 0 spiro atoms. The van der Waals surface area contributed by atoms with Gasteiger partial charge in [0.1, 0.15) is 0 Å². The van der Waals surface area contributed by atoms with E-state index in [-0.39, 0.29) is 11.6 Å². The van der Waals surface area contributed by atoms with Crippen LogP contribution in [0.15, 0.2) is 24.3 Å². The van der Waals surface area contributed by atoms with E-state index >= 15 is 0 Å². The third kappa shape index (κ3) is 3.56. The highest BCUT2D eigenvalue weighted by molar-refractivity contribution is 5.96. The van der Waals surface area contributed by atoms with Crippen LogP contribution >= 0.6 is 0 Å². The van der Waals surface area contributed by atoms with Crippen molar-refractivity contribution in [3.8, 4) is 0 Å². The number of hydrogen-bond acceptors (Lipinski definition) is 2. The molecule has 21 heavy (non-hydrogen) atoms. The minimum atomic E-state index is -4.52. The summed E-state index contributed by atoms with van der Waals surface area (Å²) in [6.07, 6.45) is -1.29. The molecule has 1 heterocycles. The van der Waals surface area contributed by atoms with E-state index in [4.69, 9.17) is 5.73 Å². The molecule has 0 aromatic heterocycles. The Hall–Kier alpha value is -1.56. The predicted molar refractivity (Wildman–Crippen MR) is 73.8 cm³/mol. The number of carbonyl (C=O) groups excluding carboxylic acids is 1. The summed E-state index contributed by atoms with van der Waals surface area (Å²) in [7, 11) is 0. The van der Waals surface area contributed by atoms with Gasteiger partial charge in [0.05, 0.1) is 11.1 Å². The third-order valence-corrected chi connectivity index (χ3v) is 3.85. The zero-order chi connectivity index (χ0) is 15.5. The Morgan fingerprint density at radius 1 is 1.29 bits per heavy atom. The predicted octanol–water partition coefficient (Wildman–Crippen LogP) is 3.05. The molecule has 1 aromatic carbocycles. The molecular weight excluding hydrogens is 281 g/mol. The van der Waals surface area contributed by atoms with Crippen molar-refractivity contribution in [3.05, 3.63) is 35.4 Å². The molecule has 6 heteroatoms. The first kappa shape index (κ1) is 15.8. The molecule has 1 aliphatic heterocycles. The monoisotopic (exact) mass is 300 g/mol. The van der Waals surface area contributed by atoms with Gasteiger partial charge in [-0.2, -0.15) is 13.2 Å². The van der Waals surface area contributed by atoms with Crippen LogP contribution in [-0.4, -0.2) is 29.9 Å². The Morgan fingerprint density at radius 3 is 2.67 bits per heavy atom. The first-order valence-electron chi connectivity index (χ1n) is 7.12. The number of hydrogen-bond donors (Lipinski definition) is 1. The lowest BCUT2D eigenvalue weighted by Crippen LogP contribution is -2.45. The summed E-state index contributed by atoms with van der Waals surface area (Å²) >= 11 is 0. The van der Waals surface area contributed by atoms with Gasteiger partial charge in [-0.15, -0.1) is 0 Å². The number of carbonyl (C=O) groups is 1. The Bertz CT molecular complexity index is 500. The highest BCUT2D eigenvalue weighted by Crippen LogP contribution is 2.33. The molecule has 2 rings (SSSR count). The summed E-state index contributed by atoms with van der Waals surface area (Å²) < 4.78 is 39.1. The van der Waals surface area contributed by atoms with E-state index in [1.54, 1.807) is 4.90 Å². The largest absolute Gasteiger partial charge is 0.417 e. The quantitative estimate of drug-likeness (QED) is 0.932. The molecule has 1 fully saturated rings. The number of amides is 1. The van der Waals surface area contributed by atoms with Crippen LogP contribution < -0.4 is 5.73 Å². The van der Waals surface area contributed by atoms with Crippen molar-refractivity contribution in [3.63, 3.8) is 0 Å². The van der Waals surface area contributed by atoms with Gasteiger partial charge in [0.2, 0.25) is 0 Å². The lowest BCUT2D eigenvalue weighted by molar-refractivity contribution is -0.138. The molecule has 1 saturated heterocycles. The summed E-state index contributed by atoms with van der Waals surface area (Å²) in [5.74, 6) is -0.541. The number of likely N-dealkylation sites (tertiary alicyclic amines) is 1. The SMILES string of the molecule is NCCC1CCCCN1C(=O)c1ccccc1C(F)(F)F. The van der Waals surface area contributed by atoms with E-state index in [0.717, 1.165) is 25.3 Å². The molecule has 3 nitrogen and oxygen atoms in total. The smallest absolute Gasteiger partial charge is 0.336 e. The summed E-state index contributed by atoms with van der Waals surface area (Å²) in [5.41, 5.74) is 4.40. The number of alkyl halides is 3. The number of nitrogens with two attached hydrogens (primary N) is 1. The molecule has 0 radical (unpaired) electrons. The fraction of sp³-hybridized carbons (Fsp3) is 0.533. The van der Waals surface area contributed by atoms with Crippen LogP contribution in [0.2, 0.25) is 0 Å². The van der Waals surface area contributed by atoms with Crippen molar-refractivity contribution in [1.29, 1.82) is 0 Å². The minimum Gasteiger partial charge on any atom is -0.336 e. The van der Waals surface area contributed by atoms with E-state index in [1.807, 2.05) is 0 Å². The molecule has 0 saturated carbocycles. The minimum absolute atomic E-state index is 0.0578. The number of benzene rings is 1. The maximum atomic E-state index is 13.0. The van der Waals surface area contributed by atoms with Gasteiger partial charge in [-0.25, -0.2) is 0 Å². The van der Waals surface area contributed by atoms with Crippen LogP contribution in [0.5, 0.6) is 0 Å². The topological polar surface area (TPSA) is 46.3 Å². The van der Waals surface area contributed by atoms with Crippen LogP contribution in [0.25, 0.3) is 0 Å². The molecule has 1 aromatic rings. The number of rotatable bonds is 3. The van der Waals surface area contributed by atoms with Crippen molar-refractivity contribution in [1.82, 2.24) is 4.90 Å². The highest BCUT2D eigenvalue weighted by atomic mass is 19.4. The molecule has 0 bridgehead atoms. The average molecular weight is 300 g/mol. The van der Waals surface area contributed by atoms with Gasteiger partial charge in [-0.05, 0) is 44.4 Å².